The highest BCUT2D eigenvalue weighted by atomic mass is 35.5. The van der Waals surface area contributed by atoms with Crippen LogP contribution in [0.5, 0.6) is 5.75 Å². The summed E-state index contributed by atoms with van der Waals surface area (Å²) in [7, 11) is 3.04. The Labute approximate surface area is 112 Å². The average Bonchev–Trinajstić information content (AvgIpc) is 2.26. The van der Waals surface area contributed by atoms with E-state index >= 15 is 0 Å². The Hall–Kier alpha value is -1.22. The molecule has 0 heterocycles. The molecule has 1 aromatic rings. The molecule has 0 saturated heterocycles. The summed E-state index contributed by atoms with van der Waals surface area (Å²) >= 11 is 6.11. The maximum atomic E-state index is 12.1. The molecule has 2 rings (SSSR count). The summed E-state index contributed by atoms with van der Waals surface area (Å²) in [6, 6.07) is 3.66. The van der Waals surface area contributed by atoms with E-state index in [-0.39, 0.29) is 5.97 Å². The number of esters is 1. The van der Waals surface area contributed by atoms with E-state index in [0.29, 0.717) is 5.02 Å². The molecule has 1 saturated carbocycles. The van der Waals surface area contributed by atoms with E-state index in [4.69, 9.17) is 21.1 Å². The van der Waals surface area contributed by atoms with Gasteiger partial charge in [0.25, 0.3) is 0 Å². The molecule has 0 N–H and O–H groups in total. The van der Waals surface area contributed by atoms with Crippen LogP contribution in [0.25, 0.3) is 0 Å². The first-order valence-corrected chi connectivity index (χ1v) is 6.36. The van der Waals surface area contributed by atoms with E-state index in [9.17, 15) is 4.79 Å². The van der Waals surface area contributed by atoms with Crippen LogP contribution in [-0.4, -0.2) is 20.2 Å². The molecule has 98 valence electrons. The average molecular weight is 269 g/mol. The molecule has 0 aromatic heterocycles. The first-order chi connectivity index (χ1) is 8.55. The molecule has 1 aliphatic rings. The van der Waals surface area contributed by atoms with Gasteiger partial charge in [0.1, 0.15) is 5.75 Å². The fraction of sp³-hybridized carbons (Fsp3) is 0.500. The van der Waals surface area contributed by atoms with Gasteiger partial charge >= 0.3 is 5.97 Å². The molecule has 0 amide bonds. The van der Waals surface area contributed by atoms with Crippen molar-refractivity contribution in [3.8, 4) is 5.75 Å². The number of hydrogen-bond acceptors (Lipinski definition) is 3. The van der Waals surface area contributed by atoms with Crippen molar-refractivity contribution < 1.29 is 14.3 Å². The molecule has 0 bridgehead atoms. The molecule has 18 heavy (non-hydrogen) atoms. The molecule has 1 fully saturated rings. The summed E-state index contributed by atoms with van der Waals surface area (Å²) < 4.78 is 10.4. The molecule has 3 nitrogen and oxygen atoms in total. The third-order valence-electron chi connectivity index (χ3n) is 3.74. The molecule has 1 aliphatic carbocycles. The van der Waals surface area contributed by atoms with Crippen LogP contribution >= 0.6 is 11.6 Å². The number of methoxy groups -OCH3 is 2. The molecule has 0 unspecified atom stereocenters. The lowest BCUT2D eigenvalue weighted by Gasteiger charge is -2.40. The van der Waals surface area contributed by atoms with E-state index in [0.717, 1.165) is 36.1 Å². The number of hydrogen-bond donors (Lipinski definition) is 0. The van der Waals surface area contributed by atoms with Crippen LogP contribution in [0.4, 0.5) is 0 Å². The van der Waals surface area contributed by atoms with E-state index in [2.05, 4.69) is 0 Å². The third kappa shape index (κ3) is 1.87. The quantitative estimate of drug-likeness (QED) is 0.790. The second kappa shape index (κ2) is 4.81. The van der Waals surface area contributed by atoms with Crippen molar-refractivity contribution in [2.24, 2.45) is 0 Å². The van der Waals surface area contributed by atoms with Crippen molar-refractivity contribution in [3.05, 3.63) is 28.3 Å². The summed E-state index contributed by atoms with van der Waals surface area (Å²) in [6.45, 7) is 1.93. The second-order valence-corrected chi connectivity index (χ2v) is 5.17. The topological polar surface area (TPSA) is 35.5 Å². The van der Waals surface area contributed by atoms with E-state index in [1.165, 1.54) is 7.11 Å². The van der Waals surface area contributed by atoms with Crippen LogP contribution in [0, 0.1) is 6.92 Å². The van der Waals surface area contributed by atoms with Gasteiger partial charge in [0.05, 0.1) is 19.6 Å². The molecule has 0 aliphatic heterocycles. The Morgan fingerprint density at radius 2 is 2.00 bits per heavy atom. The number of benzene rings is 1. The molecule has 0 atom stereocenters. The van der Waals surface area contributed by atoms with Crippen LogP contribution in [0.2, 0.25) is 5.02 Å². The fourth-order valence-electron chi connectivity index (χ4n) is 2.67. The highest BCUT2D eigenvalue weighted by Gasteiger charge is 2.48. The summed E-state index contributed by atoms with van der Waals surface area (Å²) in [5, 5.41) is 0.624. The van der Waals surface area contributed by atoms with E-state index < -0.39 is 5.41 Å². The van der Waals surface area contributed by atoms with Gasteiger partial charge in [0.2, 0.25) is 0 Å². The van der Waals surface area contributed by atoms with Crippen molar-refractivity contribution in [1.82, 2.24) is 0 Å². The van der Waals surface area contributed by atoms with Crippen molar-refractivity contribution in [2.75, 3.05) is 14.2 Å². The summed E-state index contributed by atoms with van der Waals surface area (Å²) in [5.74, 6) is 0.540. The minimum absolute atomic E-state index is 0.200. The first kappa shape index (κ1) is 13.2. The highest BCUT2D eigenvalue weighted by Crippen LogP contribution is 2.49. The Morgan fingerprint density at radius 1 is 1.33 bits per heavy atom. The number of ether oxygens (including phenoxy) is 2. The largest absolute Gasteiger partial charge is 0.496 e. The number of halogens is 1. The van der Waals surface area contributed by atoms with Gasteiger partial charge in [0, 0.05) is 10.6 Å². The molecular weight excluding hydrogens is 252 g/mol. The summed E-state index contributed by atoms with van der Waals surface area (Å²) in [5.41, 5.74) is 1.22. The Balaban J connectivity index is 2.58. The predicted octanol–water partition coefficient (Wildman–Crippen LogP) is 3.25. The van der Waals surface area contributed by atoms with Gasteiger partial charge in [-0.1, -0.05) is 18.0 Å². The molecule has 4 heteroatoms. The van der Waals surface area contributed by atoms with Gasteiger partial charge in [-0.3, -0.25) is 4.79 Å². The van der Waals surface area contributed by atoms with Gasteiger partial charge in [-0.25, -0.2) is 0 Å². The number of aryl methyl sites for hydroxylation is 1. The molecule has 0 spiro atoms. The van der Waals surface area contributed by atoms with Crippen LogP contribution in [0.3, 0.4) is 0 Å². The normalized spacial score (nSPS) is 16.9. The van der Waals surface area contributed by atoms with Gasteiger partial charge < -0.3 is 9.47 Å². The molecule has 0 radical (unpaired) electrons. The third-order valence-corrected chi connectivity index (χ3v) is 3.96. The minimum Gasteiger partial charge on any atom is -0.496 e. The van der Waals surface area contributed by atoms with Crippen LogP contribution in [0.15, 0.2) is 12.1 Å². The lowest BCUT2D eigenvalue weighted by Crippen LogP contribution is -2.43. The number of carbonyl (C=O) groups is 1. The summed E-state index contributed by atoms with van der Waals surface area (Å²) in [4.78, 5) is 12.1. The summed E-state index contributed by atoms with van der Waals surface area (Å²) in [6.07, 6.45) is 2.59. The van der Waals surface area contributed by atoms with Gasteiger partial charge in [-0.05, 0) is 37.5 Å². The highest BCUT2D eigenvalue weighted by molar-refractivity contribution is 6.30. The molecular formula is C14H17ClO3. The van der Waals surface area contributed by atoms with E-state index in [1.807, 2.05) is 19.1 Å². The first-order valence-electron chi connectivity index (χ1n) is 5.98. The monoisotopic (exact) mass is 268 g/mol. The van der Waals surface area contributed by atoms with Gasteiger partial charge in [0.15, 0.2) is 0 Å². The second-order valence-electron chi connectivity index (χ2n) is 4.73. The zero-order valence-corrected chi connectivity index (χ0v) is 11.6. The zero-order chi connectivity index (χ0) is 13.3. The predicted molar refractivity (Wildman–Crippen MR) is 70.3 cm³/mol. The minimum atomic E-state index is -0.574. The fourth-order valence-corrected chi connectivity index (χ4v) is 2.94. The lowest BCUT2D eigenvalue weighted by atomic mass is 9.64. The van der Waals surface area contributed by atoms with Crippen molar-refractivity contribution in [3.63, 3.8) is 0 Å². The lowest BCUT2D eigenvalue weighted by molar-refractivity contribution is -0.151. The standard InChI is InChI=1S/C14H17ClO3/c1-9-7-10(15)8-11(12(9)17-2)14(5-4-6-14)13(16)18-3/h7-8H,4-6H2,1-3H3. The maximum absolute atomic E-state index is 12.1. The zero-order valence-electron chi connectivity index (χ0n) is 10.9. The van der Waals surface area contributed by atoms with Gasteiger partial charge in [-0.2, -0.15) is 0 Å². The SMILES string of the molecule is COC(=O)C1(c2cc(Cl)cc(C)c2OC)CCC1. The van der Waals surface area contributed by atoms with Crippen molar-refractivity contribution in [2.45, 2.75) is 31.6 Å². The molecule has 1 aromatic carbocycles. The van der Waals surface area contributed by atoms with Crippen LogP contribution in [0.1, 0.15) is 30.4 Å². The van der Waals surface area contributed by atoms with Crippen molar-refractivity contribution >= 4 is 17.6 Å². The number of carbonyl (C=O) groups excluding carboxylic acids is 1. The Kier molecular flexibility index (Phi) is 3.53. The maximum Gasteiger partial charge on any atom is 0.316 e. The van der Waals surface area contributed by atoms with Crippen LogP contribution in [-0.2, 0) is 14.9 Å². The Morgan fingerprint density at radius 3 is 2.44 bits per heavy atom. The Bertz CT molecular complexity index is 478. The van der Waals surface area contributed by atoms with Gasteiger partial charge in [-0.15, -0.1) is 0 Å². The number of rotatable bonds is 3. The van der Waals surface area contributed by atoms with Crippen LogP contribution < -0.4 is 4.74 Å². The van der Waals surface area contributed by atoms with Crippen molar-refractivity contribution in [1.29, 1.82) is 0 Å². The smallest absolute Gasteiger partial charge is 0.316 e. The van der Waals surface area contributed by atoms with E-state index in [1.54, 1.807) is 7.11 Å².